The molecule has 2 saturated carbocycles. The fraction of sp³-hybridized carbons (Fsp3) is 0.933. The van der Waals surface area contributed by atoms with Crippen molar-refractivity contribution in [2.75, 3.05) is 20.3 Å². The van der Waals surface area contributed by atoms with E-state index >= 15 is 0 Å². The Labute approximate surface area is 116 Å². The summed E-state index contributed by atoms with van der Waals surface area (Å²) in [6.07, 6.45) is 5.47. The van der Waals surface area contributed by atoms with E-state index in [1.807, 2.05) is 11.8 Å². The summed E-state index contributed by atoms with van der Waals surface area (Å²) in [6.45, 7) is 5.52. The minimum absolute atomic E-state index is 0.0106. The number of hydrogen-bond acceptors (Lipinski definition) is 3. The van der Waals surface area contributed by atoms with Crippen LogP contribution in [0.2, 0.25) is 0 Å². The molecule has 3 unspecified atom stereocenters. The second-order valence-electron chi connectivity index (χ2n) is 6.49. The number of methoxy groups -OCH3 is 1. The zero-order valence-corrected chi connectivity index (χ0v) is 12.5. The lowest BCUT2D eigenvalue weighted by molar-refractivity contribution is -0.145. The molecule has 0 spiro atoms. The smallest absolute Gasteiger partial charge is 0.230 e. The van der Waals surface area contributed by atoms with Gasteiger partial charge in [-0.25, -0.2) is 0 Å². The Balaban J connectivity index is 2.09. The van der Waals surface area contributed by atoms with Crippen LogP contribution in [0.5, 0.6) is 0 Å². The highest BCUT2D eigenvalue weighted by molar-refractivity contribution is 5.84. The van der Waals surface area contributed by atoms with Crippen molar-refractivity contribution in [2.45, 2.75) is 58.0 Å². The first-order chi connectivity index (χ1) is 9.00. The molecule has 0 radical (unpaired) electrons. The third-order valence-electron chi connectivity index (χ3n) is 5.11. The van der Waals surface area contributed by atoms with Crippen LogP contribution in [0.4, 0.5) is 0 Å². The summed E-state index contributed by atoms with van der Waals surface area (Å²) in [7, 11) is 1.69. The summed E-state index contributed by atoms with van der Waals surface area (Å²) in [6, 6.07) is 0.337. The molecule has 3 atom stereocenters. The molecule has 2 aliphatic rings. The van der Waals surface area contributed by atoms with Gasteiger partial charge in [-0.05, 0) is 45.4 Å². The van der Waals surface area contributed by atoms with Gasteiger partial charge in [0.2, 0.25) is 5.91 Å². The lowest BCUT2D eigenvalue weighted by Crippen LogP contribution is -2.53. The predicted octanol–water partition coefficient (Wildman–Crippen LogP) is 1.78. The van der Waals surface area contributed by atoms with Gasteiger partial charge >= 0.3 is 0 Å². The maximum Gasteiger partial charge on any atom is 0.230 e. The molecular weight excluding hydrogens is 240 g/mol. The van der Waals surface area contributed by atoms with Gasteiger partial charge in [0.1, 0.15) is 0 Å². The quantitative estimate of drug-likeness (QED) is 0.799. The van der Waals surface area contributed by atoms with Crippen LogP contribution in [-0.4, -0.2) is 43.2 Å². The maximum absolute atomic E-state index is 12.9. The molecule has 4 heteroatoms. The average molecular weight is 268 g/mol. The SMILES string of the molecule is COCCN(C(=O)C1(C)CCCC1N)C(C)C1CC1. The first-order valence-corrected chi connectivity index (χ1v) is 7.56. The van der Waals surface area contributed by atoms with E-state index in [0.29, 0.717) is 25.1 Å². The van der Waals surface area contributed by atoms with Gasteiger partial charge in [0.15, 0.2) is 0 Å². The Kier molecular flexibility index (Phi) is 4.51. The van der Waals surface area contributed by atoms with Crippen LogP contribution < -0.4 is 5.73 Å². The van der Waals surface area contributed by atoms with E-state index < -0.39 is 0 Å². The van der Waals surface area contributed by atoms with Crippen molar-refractivity contribution in [1.82, 2.24) is 4.90 Å². The van der Waals surface area contributed by atoms with Crippen LogP contribution in [0, 0.1) is 11.3 Å². The van der Waals surface area contributed by atoms with Crippen LogP contribution in [0.25, 0.3) is 0 Å². The minimum Gasteiger partial charge on any atom is -0.383 e. The van der Waals surface area contributed by atoms with Crippen LogP contribution in [0.3, 0.4) is 0 Å². The molecule has 0 aromatic rings. The van der Waals surface area contributed by atoms with Gasteiger partial charge < -0.3 is 15.4 Å². The normalized spacial score (nSPS) is 32.3. The molecule has 0 heterocycles. The fourth-order valence-corrected chi connectivity index (χ4v) is 3.30. The zero-order valence-electron chi connectivity index (χ0n) is 12.5. The molecule has 0 aromatic heterocycles. The Morgan fingerprint density at radius 3 is 2.63 bits per heavy atom. The molecule has 110 valence electrons. The summed E-state index contributed by atoms with van der Waals surface area (Å²) < 4.78 is 5.17. The van der Waals surface area contributed by atoms with Crippen molar-refractivity contribution in [3.05, 3.63) is 0 Å². The number of hydrogen-bond donors (Lipinski definition) is 1. The van der Waals surface area contributed by atoms with Gasteiger partial charge in [-0.1, -0.05) is 6.42 Å². The number of nitrogens with two attached hydrogens (primary N) is 1. The van der Waals surface area contributed by atoms with E-state index in [1.54, 1.807) is 7.11 Å². The van der Waals surface area contributed by atoms with E-state index in [4.69, 9.17) is 10.5 Å². The van der Waals surface area contributed by atoms with Gasteiger partial charge in [0.05, 0.1) is 12.0 Å². The molecule has 0 saturated heterocycles. The summed E-state index contributed by atoms with van der Waals surface area (Å²) in [5, 5.41) is 0. The van der Waals surface area contributed by atoms with E-state index in [-0.39, 0.29) is 17.4 Å². The second kappa shape index (κ2) is 5.80. The molecule has 2 aliphatic carbocycles. The van der Waals surface area contributed by atoms with Gasteiger partial charge in [-0.3, -0.25) is 4.79 Å². The van der Waals surface area contributed by atoms with Gasteiger partial charge in [0.25, 0.3) is 0 Å². The van der Waals surface area contributed by atoms with E-state index in [9.17, 15) is 4.79 Å². The largest absolute Gasteiger partial charge is 0.383 e. The van der Waals surface area contributed by atoms with E-state index in [0.717, 1.165) is 19.3 Å². The second-order valence-corrected chi connectivity index (χ2v) is 6.49. The monoisotopic (exact) mass is 268 g/mol. The maximum atomic E-state index is 12.9. The first kappa shape index (κ1) is 14.8. The third kappa shape index (κ3) is 2.95. The molecule has 0 aliphatic heterocycles. The van der Waals surface area contributed by atoms with Crippen molar-refractivity contribution < 1.29 is 9.53 Å². The molecule has 1 amide bonds. The molecule has 2 N–H and O–H groups in total. The Morgan fingerprint density at radius 1 is 1.47 bits per heavy atom. The molecule has 0 aromatic carbocycles. The Hall–Kier alpha value is -0.610. The van der Waals surface area contributed by atoms with Crippen LogP contribution in [-0.2, 0) is 9.53 Å². The Morgan fingerprint density at radius 2 is 2.16 bits per heavy atom. The van der Waals surface area contributed by atoms with Crippen LogP contribution in [0.15, 0.2) is 0 Å². The van der Waals surface area contributed by atoms with Gasteiger partial charge in [0, 0.05) is 25.7 Å². The summed E-state index contributed by atoms with van der Waals surface area (Å²) in [5.41, 5.74) is 5.83. The number of amides is 1. The van der Waals surface area contributed by atoms with Crippen LogP contribution in [0.1, 0.15) is 46.0 Å². The zero-order chi connectivity index (χ0) is 14.0. The fourth-order valence-electron chi connectivity index (χ4n) is 3.30. The molecule has 2 fully saturated rings. The third-order valence-corrected chi connectivity index (χ3v) is 5.11. The highest BCUT2D eigenvalue weighted by Crippen LogP contribution is 2.41. The number of nitrogens with zero attached hydrogens (tertiary/aromatic N) is 1. The van der Waals surface area contributed by atoms with Gasteiger partial charge in [-0.2, -0.15) is 0 Å². The predicted molar refractivity (Wildman–Crippen MR) is 75.7 cm³/mol. The van der Waals surface area contributed by atoms with Gasteiger partial charge in [-0.15, -0.1) is 0 Å². The Bertz CT molecular complexity index is 330. The summed E-state index contributed by atoms with van der Waals surface area (Å²) >= 11 is 0. The molecule has 4 nitrogen and oxygen atoms in total. The van der Waals surface area contributed by atoms with Crippen molar-refractivity contribution in [3.63, 3.8) is 0 Å². The number of carbonyl (C=O) groups is 1. The average Bonchev–Trinajstić information content (AvgIpc) is 3.17. The lowest BCUT2D eigenvalue weighted by atomic mass is 9.83. The summed E-state index contributed by atoms with van der Waals surface area (Å²) in [5.74, 6) is 0.927. The van der Waals surface area contributed by atoms with Crippen molar-refractivity contribution in [3.8, 4) is 0 Å². The molecular formula is C15H28N2O2. The molecule has 2 rings (SSSR count). The number of carbonyl (C=O) groups excluding carboxylic acids is 1. The van der Waals surface area contributed by atoms with Crippen molar-refractivity contribution in [1.29, 1.82) is 0 Å². The number of ether oxygens (including phenoxy) is 1. The lowest BCUT2D eigenvalue weighted by Gasteiger charge is -2.38. The first-order valence-electron chi connectivity index (χ1n) is 7.56. The molecule has 0 bridgehead atoms. The standard InChI is InChI=1S/C15H28N2O2/c1-11(12-6-7-12)17(9-10-19-3)14(18)15(2)8-4-5-13(15)16/h11-13H,4-10,16H2,1-3H3. The van der Waals surface area contributed by atoms with E-state index in [1.165, 1.54) is 12.8 Å². The van der Waals surface area contributed by atoms with E-state index in [2.05, 4.69) is 6.92 Å². The topological polar surface area (TPSA) is 55.6 Å². The summed E-state index contributed by atoms with van der Waals surface area (Å²) in [4.78, 5) is 15.0. The van der Waals surface area contributed by atoms with Crippen molar-refractivity contribution in [2.24, 2.45) is 17.1 Å². The van der Waals surface area contributed by atoms with Crippen molar-refractivity contribution >= 4 is 5.91 Å². The minimum atomic E-state index is -0.364. The highest BCUT2D eigenvalue weighted by atomic mass is 16.5. The van der Waals surface area contributed by atoms with Crippen LogP contribution >= 0.6 is 0 Å². The highest BCUT2D eigenvalue weighted by Gasteiger charge is 2.47. The molecule has 19 heavy (non-hydrogen) atoms. The number of rotatable bonds is 6.